The van der Waals surface area contributed by atoms with Crippen molar-refractivity contribution >= 4 is 18.5 Å². The standard InChI is InChI=1S/C23H22N2O3S/c1-25-21(27)23(24-22(25)29,16-10-6-11-17(26)14-16)19-13-7-12-18(20(19)28-2)15-8-4-3-5-9-15/h3-14,22,24,26,29H,1-2H3. The van der Waals surface area contributed by atoms with Gasteiger partial charge in [0.2, 0.25) is 0 Å². The smallest absolute Gasteiger partial charge is 0.254 e. The topological polar surface area (TPSA) is 61.8 Å². The lowest BCUT2D eigenvalue weighted by Crippen LogP contribution is -2.45. The minimum Gasteiger partial charge on any atom is -0.508 e. The quantitative estimate of drug-likeness (QED) is 0.580. The number of ether oxygens (including phenoxy) is 1. The van der Waals surface area contributed by atoms with Crippen molar-refractivity contribution in [2.45, 2.75) is 11.0 Å². The highest BCUT2D eigenvalue weighted by Crippen LogP contribution is 2.45. The van der Waals surface area contributed by atoms with Crippen LogP contribution in [-0.2, 0) is 10.3 Å². The molecular formula is C23H22N2O3S. The maximum absolute atomic E-state index is 13.5. The van der Waals surface area contributed by atoms with Gasteiger partial charge < -0.3 is 14.7 Å². The molecule has 2 N–H and O–H groups in total. The van der Waals surface area contributed by atoms with Crippen LogP contribution in [0.1, 0.15) is 11.1 Å². The van der Waals surface area contributed by atoms with Crippen LogP contribution >= 0.6 is 12.6 Å². The van der Waals surface area contributed by atoms with Crippen LogP contribution in [-0.4, -0.2) is 35.6 Å². The van der Waals surface area contributed by atoms with Gasteiger partial charge in [0.05, 0.1) is 7.11 Å². The zero-order chi connectivity index (χ0) is 20.6. The molecule has 3 aromatic rings. The number of hydrogen-bond acceptors (Lipinski definition) is 5. The van der Waals surface area contributed by atoms with Gasteiger partial charge in [-0.2, -0.15) is 0 Å². The Bertz CT molecular complexity index is 1060. The van der Waals surface area contributed by atoms with Crippen LogP contribution in [0.2, 0.25) is 0 Å². The van der Waals surface area contributed by atoms with E-state index in [0.717, 1.165) is 11.1 Å². The molecule has 0 aliphatic carbocycles. The Labute approximate surface area is 175 Å². The first-order chi connectivity index (χ1) is 14.0. The van der Waals surface area contributed by atoms with Crippen LogP contribution in [0.25, 0.3) is 11.1 Å². The normalized spacial score (nSPS) is 21.4. The number of methoxy groups -OCH3 is 1. The summed E-state index contributed by atoms with van der Waals surface area (Å²) in [5.41, 5.74) is 1.42. The molecule has 1 saturated heterocycles. The molecule has 29 heavy (non-hydrogen) atoms. The van der Waals surface area contributed by atoms with Crippen LogP contribution in [0, 0.1) is 0 Å². The molecular weight excluding hydrogens is 384 g/mol. The van der Waals surface area contributed by atoms with Crippen molar-refractivity contribution in [2.24, 2.45) is 0 Å². The summed E-state index contributed by atoms with van der Waals surface area (Å²) >= 11 is 4.54. The highest BCUT2D eigenvalue weighted by Gasteiger charge is 2.53. The predicted molar refractivity (Wildman–Crippen MR) is 116 cm³/mol. The number of aromatic hydroxyl groups is 1. The first-order valence-electron chi connectivity index (χ1n) is 9.24. The molecule has 148 valence electrons. The summed E-state index contributed by atoms with van der Waals surface area (Å²) in [4.78, 5) is 15.1. The number of carbonyl (C=O) groups excluding carboxylic acids is 1. The molecule has 2 unspecified atom stereocenters. The summed E-state index contributed by atoms with van der Waals surface area (Å²) in [7, 11) is 3.30. The number of thiol groups is 1. The van der Waals surface area contributed by atoms with Gasteiger partial charge in [-0.1, -0.05) is 60.7 Å². The average molecular weight is 407 g/mol. The molecule has 0 aromatic heterocycles. The highest BCUT2D eigenvalue weighted by atomic mass is 32.1. The number of benzene rings is 3. The Morgan fingerprint density at radius 2 is 1.79 bits per heavy atom. The van der Waals surface area contributed by atoms with Crippen molar-refractivity contribution in [1.82, 2.24) is 10.2 Å². The molecule has 3 aromatic carbocycles. The van der Waals surface area contributed by atoms with E-state index in [9.17, 15) is 9.90 Å². The molecule has 1 amide bonds. The van der Waals surface area contributed by atoms with Gasteiger partial charge in [0.25, 0.3) is 5.91 Å². The van der Waals surface area contributed by atoms with Crippen molar-refractivity contribution in [3.05, 3.63) is 83.9 Å². The van der Waals surface area contributed by atoms with Gasteiger partial charge in [0.15, 0.2) is 5.54 Å². The van der Waals surface area contributed by atoms with E-state index in [2.05, 4.69) is 17.9 Å². The second kappa shape index (κ2) is 7.46. The largest absolute Gasteiger partial charge is 0.508 e. The number of para-hydroxylation sites is 1. The van der Waals surface area contributed by atoms with E-state index in [1.54, 1.807) is 37.3 Å². The first-order valence-corrected chi connectivity index (χ1v) is 9.76. The lowest BCUT2D eigenvalue weighted by atomic mass is 9.80. The molecule has 1 fully saturated rings. The Kier molecular flexibility index (Phi) is 4.98. The lowest BCUT2D eigenvalue weighted by Gasteiger charge is -2.31. The molecule has 5 nitrogen and oxygen atoms in total. The number of amides is 1. The third-order valence-corrected chi connectivity index (χ3v) is 5.82. The molecule has 0 saturated carbocycles. The monoisotopic (exact) mass is 406 g/mol. The van der Waals surface area contributed by atoms with Crippen molar-refractivity contribution in [2.75, 3.05) is 14.2 Å². The summed E-state index contributed by atoms with van der Waals surface area (Å²) < 4.78 is 5.84. The maximum atomic E-state index is 13.5. The summed E-state index contributed by atoms with van der Waals surface area (Å²) in [6.07, 6.45) is 0. The van der Waals surface area contributed by atoms with E-state index in [0.29, 0.717) is 16.9 Å². The van der Waals surface area contributed by atoms with Crippen LogP contribution in [0.15, 0.2) is 72.8 Å². The Morgan fingerprint density at radius 1 is 1.07 bits per heavy atom. The van der Waals surface area contributed by atoms with E-state index >= 15 is 0 Å². The number of rotatable bonds is 4. The SMILES string of the molecule is COc1c(-c2ccccc2)cccc1C1(c2cccc(O)c2)NC(S)N(C)C1=O. The van der Waals surface area contributed by atoms with Crippen molar-refractivity contribution in [1.29, 1.82) is 0 Å². The summed E-state index contributed by atoms with van der Waals surface area (Å²) in [5, 5.41) is 13.4. The number of likely N-dealkylation sites (N-methyl/N-ethyl adjacent to an activating group) is 1. The number of carbonyl (C=O) groups is 1. The minimum absolute atomic E-state index is 0.0833. The molecule has 0 radical (unpaired) electrons. The van der Waals surface area contributed by atoms with Crippen molar-refractivity contribution < 1.29 is 14.6 Å². The highest BCUT2D eigenvalue weighted by molar-refractivity contribution is 7.80. The van der Waals surface area contributed by atoms with Crippen LogP contribution in [0.4, 0.5) is 0 Å². The van der Waals surface area contributed by atoms with Gasteiger partial charge in [-0.3, -0.25) is 10.1 Å². The Morgan fingerprint density at radius 3 is 2.41 bits per heavy atom. The number of phenolic OH excluding ortho intramolecular Hbond substituents is 1. The summed E-state index contributed by atoms with van der Waals surface area (Å²) in [6.45, 7) is 0. The Hall–Kier alpha value is -2.96. The number of nitrogens with zero attached hydrogens (tertiary/aromatic N) is 1. The molecule has 2 atom stereocenters. The number of phenols is 1. The van der Waals surface area contributed by atoms with E-state index < -0.39 is 11.0 Å². The van der Waals surface area contributed by atoms with Crippen LogP contribution < -0.4 is 10.1 Å². The van der Waals surface area contributed by atoms with Crippen molar-refractivity contribution in [3.8, 4) is 22.6 Å². The zero-order valence-corrected chi connectivity index (χ0v) is 17.1. The van der Waals surface area contributed by atoms with Gasteiger partial charge in [-0.15, -0.1) is 12.6 Å². The van der Waals surface area contributed by atoms with E-state index in [1.165, 1.54) is 0 Å². The summed E-state index contributed by atoms with van der Waals surface area (Å²) in [6, 6.07) is 22.3. The summed E-state index contributed by atoms with van der Waals surface area (Å²) in [5.74, 6) is 0.505. The third kappa shape index (κ3) is 3.05. The van der Waals surface area contributed by atoms with Gasteiger partial charge >= 0.3 is 0 Å². The van der Waals surface area contributed by atoms with Gasteiger partial charge in [-0.05, 0) is 23.3 Å². The van der Waals surface area contributed by atoms with E-state index in [-0.39, 0.29) is 11.7 Å². The number of nitrogens with one attached hydrogen (secondary N) is 1. The molecule has 4 rings (SSSR count). The second-order valence-electron chi connectivity index (χ2n) is 6.99. The molecule has 1 aliphatic rings. The minimum atomic E-state index is -1.24. The van der Waals surface area contributed by atoms with Crippen LogP contribution in [0.5, 0.6) is 11.5 Å². The predicted octanol–water partition coefficient (Wildman–Crippen LogP) is 3.59. The first kappa shape index (κ1) is 19.4. The lowest BCUT2D eigenvalue weighted by molar-refractivity contribution is -0.130. The van der Waals surface area contributed by atoms with E-state index in [1.807, 2.05) is 54.6 Å². The maximum Gasteiger partial charge on any atom is 0.254 e. The van der Waals surface area contributed by atoms with Crippen molar-refractivity contribution in [3.63, 3.8) is 0 Å². The molecule has 1 heterocycles. The zero-order valence-electron chi connectivity index (χ0n) is 16.2. The van der Waals surface area contributed by atoms with Gasteiger partial charge in [-0.25, -0.2) is 0 Å². The van der Waals surface area contributed by atoms with Crippen LogP contribution in [0.3, 0.4) is 0 Å². The third-order valence-electron chi connectivity index (χ3n) is 5.34. The van der Waals surface area contributed by atoms with Gasteiger partial charge in [0.1, 0.15) is 17.0 Å². The van der Waals surface area contributed by atoms with E-state index in [4.69, 9.17) is 4.74 Å². The fourth-order valence-electron chi connectivity index (χ4n) is 3.92. The fraction of sp³-hybridized carbons (Fsp3) is 0.174. The fourth-order valence-corrected chi connectivity index (χ4v) is 4.22. The molecule has 0 spiro atoms. The molecule has 1 aliphatic heterocycles. The molecule has 0 bridgehead atoms. The average Bonchev–Trinajstić information content (AvgIpc) is 2.98. The Balaban J connectivity index is 2.02. The molecule has 6 heteroatoms. The second-order valence-corrected chi connectivity index (χ2v) is 7.48. The number of hydrogen-bond donors (Lipinski definition) is 3. The van der Waals surface area contributed by atoms with Gasteiger partial charge in [0, 0.05) is 18.2 Å².